The van der Waals surface area contributed by atoms with Crippen molar-refractivity contribution in [1.82, 2.24) is 30.0 Å². The third-order valence-electron chi connectivity index (χ3n) is 5.70. The first kappa shape index (κ1) is 21.8. The lowest BCUT2D eigenvalue weighted by Crippen LogP contribution is -2.37. The van der Waals surface area contributed by atoms with Gasteiger partial charge in [-0.2, -0.15) is 5.10 Å². The van der Waals surface area contributed by atoms with Gasteiger partial charge in [0.15, 0.2) is 0 Å². The van der Waals surface area contributed by atoms with Crippen molar-refractivity contribution in [3.05, 3.63) is 51.9 Å². The van der Waals surface area contributed by atoms with E-state index < -0.39 is 0 Å². The molecule has 3 heterocycles. The lowest BCUT2D eigenvalue weighted by atomic mass is 10.0. The molecule has 172 valence electrons. The van der Waals surface area contributed by atoms with Crippen LogP contribution < -0.4 is 15.8 Å². The second kappa shape index (κ2) is 8.72. The minimum atomic E-state index is -0.119. The standard InChI is InChI=1S/C22H23Cl2N7O2/c1-12(31-6-2-5-26-31)11-33-18-8-13(23)7-16(24)19(18)20-15-9-30(22(32)27-14-3-4-14)10-17(15)28-21(25)29-20/h2,5-8,12,14H,3-4,9-11H2,1H3,(H,27,32)(H2,25,28,29). The van der Waals surface area contributed by atoms with Crippen molar-refractivity contribution >= 4 is 35.2 Å². The van der Waals surface area contributed by atoms with Crippen LogP contribution in [0.5, 0.6) is 5.75 Å². The number of benzene rings is 1. The number of nitrogens with zero attached hydrogens (tertiary/aromatic N) is 5. The Labute approximate surface area is 200 Å². The SMILES string of the molecule is CC(COc1cc(Cl)cc(Cl)c1-c1nc(N)nc2c1CN(C(=O)NC1CC1)C2)n1cccn1. The van der Waals surface area contributed by atoms with Gasteiger partial charge in [0.25, 0.3) is 0 Å². The number of amides is 2. The molecule has 5 rings (SSSR count). The highest BCUT2D eigenvalue weighted by molar-refractivity contribution is 6.37. The van der Waals surface area contributed by atoms with E-state index in [-0.39, 0.29) is 24.1 Å². The average Bonchev–Trinajstić information content (AvgIpc) is 3.24. The molecule has 11 heteroatoms. The summed E-state index contributed by atoms with van der Waals surface area (Å²) in [6.07, 6.45) is 5.63. The highest BCUT2D eigenvalue weighted by Gasteiger charge is 2.33. The molecule has 0 bridgehead atoms. The van der Waals surface area contributed by atoms with Crippen LogP contribution in [0.25, 0.3) is 11.3 Å². The Kier molecular flexibility index (Phi) is 5.76. The fourth-order valence-corrected chi connectivity index (χ4v) is 4.40. The molecule has 1 atom stereocenters. The predicted octanol–water partition coefficient (Wildman–Crippen LogP) is 4.06. The molecular formula is C22H23Cl2N7O2. The number of anilines is 1. The number of hydrogen-bond donors (Lipinski definition) is 2. The molecule has 3 aromatic rings. The molecule has 1 aromatic carbocycles. The minimum Gasteiger partial charge on any atom is -0.491 e. The minimum absolute atomic E-state index is 0.0200. The van der Waals surface area contributed by atoms with E-state index in [2.05, 4.69) is 20.4 Å². The number of halogens is 2. The maximum Gasteiger partial charge on any atom is 0.318 e. The molecule has 1 fully saturated rings. The van der Waals surface area contributed by atoms with Gasteiger partial charge in [-0.1, -0.05) is 23.2 Å². The fraction of sp³-hybridized carbons (Fsp3) is 0.364. The summed E-state index contributed by atoms with van der Waals surface area (Å²) in [7, 11) is 0. The number of ether oxygens (including phenoxy) is 1. The molecule has 33 heavy (non-hydrogen) atoms. The van der Waals surface area contributed by atoms with Crippen LogP contribution in [-0.2, 0) is 13.1 Å². The van der Waals surface area contributed by atoms with Crippen LogP contribution in [0.2, 0.25) is 10.0 Å². The monoisotopic (exact) mass is 487 g/mol. The van der Waals surface area contributed by atoms with Gasteiger partial charge in [0, 0.05) is 29.0 Å². The molecule has 2 aliphatic rings. The smallest absolute Gasteiger partial charge is 0.318 e. The zero-order valence-electron chi connectivity index (χ0n) is 18.0. The number of nitrogen functional groups attached to an aromatic ring is 1. The maximum absolute atomic E-state index is 12.6. The van der Waals surface area contributed by atoms with E-state index in [4.69, 9.17) is 33.7 Å². The van der Waals surface area contributed by atoms with Crippen molar-refractivity contribution in [2.45, 2.75) is 44.9 Å². The van der Waals surface area contributed by atoms with Crippen LogP contribution in [0.3, 0.4) is 0 Å². The molecule has 1 aliphatic heterocycles. The van der Waals surface area contributed by atoms with E-state index in [1.165, 1.54) is 0 Å². The third-order valence-corrected chi connectivity index (χ3v) is 6.22. The zero-order chi connectivity index (χ0) is 23.1. The van der Waals surface area contributed by atoms with Gasteiger partial charge in [0.2, 0.25) is 5.95 Å². The van der Waals surface area contributed by atoms with Crippen molar-refractivity contribution in [3.8, 4) is 17.0 Å². The second-order valence-electron chi connectivity index (χ2n) is 8.34. The first-order chi connectivity index (χ1) is 15.9. The lowest BCUT2D eigenvalue weighted by molar-refractivity contribution is 0.197. The van der Waals surface area contributed by atoms with Gasteiger partial charge in [-0.3, -0.25) is 4.68 Å². The van der Waals surface area contributed by atoms with Crippen molar-refractivity contribution in [3.63, 3.8) is 0 Å². The largest absolute Gasteiger partial charge is 0.491 e. The summed E-state index contributed by atoms with van der Waals surface area (Å²) in [5.74, 6) is 0.586. The third kappa shape index (κ3) is 4.56. The van der Waals surface area contributed by atoms with Gasteiger partial charge in [0.1, 0.15) is 12.4 Å². The number of hydrogen-bond acceptors (Lipinski definition) is 6. The van der Waals surface area contributed by atoms with Gasteiger partial charge < -0.3 is 20.7 Å². The predicted molar refractivity (Wildman–Crippen MR) is 125 cm³/mol. The van der Waals surface area contributed by atoms with Crippen LogP contribution in [0, 0.1) is 0 Å². The van der Waals surface area contributed by atoms with Crippen LogP contribution >= 0.6 is 23.2 Å². The molecular weight excluding hydrogens is 465 g/mol. The zero-order valence-corrected chi connectivity index (χ0v) is 19.5. The van der Waals surface area contributed by atoms with Crippen molar-refractivity contribution < 1.29 is 9.53 Å². The van der Waals surface area contributed by atoms with Crippen molar-refractivity contribution in [2.24, 2.45) is 0 Å². The van der Waals surface area contributed by atoms with Gasteiger partial charge in [0.05, 0.1) is 41.1 Å². The van der Waals surface area contributed by atoms with E-state index in [0.717, 1.165) is 18.4 Å². The first-order valence-corrected chi connectivity index (χ1v) is 11.5. The molecule has 2 aromatic heterocycles. The Bertz CT molecular complexity index is 1200. The lowest BCUT2D eigenvalue weighted by Gasteiger charge is -2.19. The van der Waals surface area contributed by atoms with E-state index >= 15 is 0 Å². The number of urea groups is 1. The Balaban J connectivity index is 1.48. The van der Waals surface area contributed by atoms with Crippen molar-refractivity contribution in [1.29, 1.82) is 0 Å². The van der Waals surface area contributed by atoms with Crippen LogP contribution in [0.1, 0.15) is 37.1 Å². The molecule has 1 aliphatic carbocycles. The summed E-state index contributed by atoms with van der Waals surface area (Å²) in [5.41, 5.74) is 8.65. The maximum atomic E-state index is 12.6. The Morgan fingerprint density at radius 2 is 2.12 bits per heavy atom. The number of nitrogens with two attached hydrogens (primary N) is 1. The summed E-state index contributed by atoms with van der Waals surface area (Å²) in [6.45, 7) is 3.04. The Morgan fingerprint density at radius 3 is 2.85 bits per heavy atom. The summed E-state index contributed by atoms with van der Waals surface area (Å²) in [5, 5.41) is 8.09. The highest BCUT2D eigenvalue weighted by atomic mass is 35.5. The van der Waals surface area contributed by atoms with Gasteiger partial charge in [-0.25, -0.2) is 14.8 Å². The number of nitrogens with one attached hydrogen (secondary N) is 1. The van der Waals surface area contributed by atoms with Crippen LogP contribution in [0.15, 0.2) is 30.6 Å². The van der Waals surface area contributed by atoms with Crippen molar-refractivity contribution in [2.75, 3.05) is 12.3 Å². The van der Waals surface area contributed by atoms with Gasteiger partial charge in [-0.15, -0.1) is 0 Å². The molecule has 1 saturated carbocycles. The number of fused-ring (bicyclic) bond motifs is 1. The van der Waals surface area contributed by atoms with Crippen LogP contribution in [-0.4, -0.2) is 43.3 Å². The van der Waals surface area contributed by atoms with Gasteiger partial charge in [-0.05, 0) is 38.0 Å². The first-order valence-electron chi connectivity index (χ1n) is 10.7. The van der Waals surface area contributed by atoms with E-state index in [9.17, 15) is 4.79 Å². The molecule has 1 unspecified atom stereocenters. The molecule has 0 saturated heterocycles. The Morgan fingerprint density at radius 1 is 1.30 bits per heavy atom. The number of carbonyl (C=O) groups is 1. The van der Waals surface area contributed by atoms with E-state index in [0.29, 0.717) is 52.4 Å². The summed E-state index contributed by atoms with van der Waals surface area (Å²) >= 11 is 12.9. The van der Waals surface area contributed by atoms with Gasteiger partial charge >= 0.3 is 6.03 Å². The topological polar surface area (TPSA) is 111 Å². The number of carbonyl (C=O) groups excluding carboxylic acids is 1. The second-order valence-corrected chi connectivity index (χ2v) is 9.19. The molecule has 9 nitrogen and oxygen atoms in total. The quantitative estimate of drug-likeness (QED) is 0.542. The summed E-state index contributed by atoms with van der Waals surface area (Å²) in [4.78, 5) is 23.2. The molecule has 0 radical (unpaired) electrons. The Hall–Kier alpha value is -3.04. The number of aromatic nitrogens is 4. The summed E-state index contributed by atoms with van der Waals surface area (Å²) in [6, 6.07) is 5.32. The average molecular weight is 488 g/mol. The molecule has 0 spiro atoms. The van der Waals surface area contributed by atoms with Crippen LogP contribution in [0.4, 0.5) is 10.7 Å². The van der Waals surface area contributed by atoms with E-state index in [1.54, 1.807) is 23.2 Å². The highest BCUT2D eigenvalue weighted by Crippen LogP contribution is 2.42. The molecule has 2 amide bonds. The fourth-order valence-electron chi connectivity index (χ4n) is 3.84. The normalized spacial score (nSPS) is 15.9. The van der Waals surface area contributed by atoms with E-state index in [1.807, 2.05) is 23.9 Å². The summed E-state index contributed by atoms with van der Waals surface area (Å²) < 4.78 is 7.96. The number of rotatable bonds is 6. The molecule has 3 N–H and O–H groups in total.